The van der Waals surface area contributed by atoms with E-state index in [2.05, 4.69) is 10.3 Å². The van der Waals surface area contributed by atoms with E-state index in [1.807, 2.05) is 4.90 Å². The van der Waals surface area contributed by atoms with Crippen LogP contribution in [-0.2, 0) is 17.5 Å². The summed E-state index contributed by atoms with van der Waals surface area (Å²) in [6, 6.07) is 1.08. The third kappa shape index (κ3) is 3.79. The minimum atomic E-state index is -4.52. The molecular formula is C19H22F3N5O2. The number of carbonyl (C=O) groups excluding carboxylic acids is 2. The molecule has 1 aliphatic carbocycles. The van der Waals surface area contributed by atoms with Crippen molar-refractivity contribution in [1.29, 1.82) is 5.41 Å². The Morgan fingerprint density at radius 1 is 1.28 bits per heavy atom. The highest BCUT2D eigenvalue weighted by molar-refractivity contribution is 6.01. The van der Waals surface area contributed by atoms with Crippen molar-refractivity contribution in [3.8, 4) is 0 Å². The molecule has 4 aliphatic rings. The fraction of sp³-hybridized carbons (Fsp3) is 0.579. The van der Waals surface area contributed by atoms with Gasteiger partial charge in [0.25, 0.3) is 0 Å². The second-order valence-electron chi connectivity index (χ2n) is 7.91. The first-order valence-electron chi connectivity index (χ1n) is 9.71. The summed E-state index contributed by atoms with van der Waals surface area (Å²) in [5, 5.41) is 10.8. The molecule has 0 spiro atoms. The summed E-state index contributed by atoms with van der Waals surface area (Å²) in [7, 11) is 0. The Kier molecular flexibility index (Phi) is 4.95. The number of halogens is 3. The molecule has 3 amide bonds. The molecule has 156 valence electrons. The van der Waals surface area contributed by atoms with Crippen molar-refractivity contribution in [2.75, 3.05) is 6.54 Å². The number of likely N-dealkylation sites (tertiary alicyclic amines) is 1. The van der Waals surface area contributed by atoms with Gasteiger partial charge in [-0.25, -0.2) is 4.79 Å². The van der Waals surface area contributed by atoms with Crippen LogP contribution in [0.2, 0.25) is 0 Å². The van der Waals surface area contributed by atoms with Gasteiger partial charge in [0.05, 0.1) is 0 Å². The highest BCUT2D eigenvalue weighted by Gasteiger charge is 2.48. The number of fused-ring (bicyclic) bond motifs is 1. The molecule has 2 N–H and O–H groups in total. The van der Waals surface area contributed by atoms with Gasteiger partial charge < -0.3 is 10.2 Å². The number of hydrogen-bond donors (Lipinski definition) is 2. The molecule has 0 radical (unpaired) electrons. The molecule has 4 heterocycles. The maximum Gasteiger partial charge on any atom is 0.433 e. The lowest BCUT2D eigenvalue weighted by Gasteiger charge is -2.37. The molecule has 7 nitrogen and oxygen atoms in total. The first-order valence-corrected chi connectivity index (χ1v) is 9.71. The smallest absolute Gasteiger partial charge is 0.338 e. The van der Waals surface area contributed by atoms with Crippen LogP contribution >= 0.6 is 0 Å². The summed E-state index contributed by atoms with van der Waals surface area (Å²) < 4.78 is 37.8. The Labute approximate surface area is 165 Å². The average molecular weight is 409 g/mol. The molecule has 29 heavy (non-hydrogen) atoms. The number of urea groups is 1. The fourth-order valence-corrected chi connectivity index (χ4v) is 4.35. The van der Waals surface area contributed by atoms with E-state index in [9.17, 15) is 22.8 Å². The van der Waals surface area contributed by atoms with Crippen molar-refractivity contribution < 1.29 is 22.8 Å². The number of alkyl halides is 3. The van der Waals surface area contributed by atoms with Crippen molar-refractivity contribution >= 4 is 17.8 Å². The van der Waals surface area contributed by atoms with E-state index >= 15 is 0 Å². The molecule has 2 bridgehead atoms. The lowest BCUT2D eigenvalue weighted by atomic mass is 9.86. The molecule has 0 aromatic carbocycles. The normalized spacial score (nSPS) is 26.3. The largest absolute Gasteiger partial charge is 0.433 e. The maximum atomic E-state index is 13.0. The van der Waals surface area contributed by atoms with Gasteiger partial charge in [0.1, 0.15) is 17.6 Å². The van der Waals surface area contributed by atoms with Crippen LogP contribution in [0.5, 0.6) is 0 Å². The third-order valence-electron chi connectivity index (χ3n) is 5.95. The Bertz CT molecular complexity index is 820. The van der Waals surface area contributed by atoms with Gasteiger partial charge in [0.2, 0.25) is 5.91 Å². The van der Waals surface area contributed by atoms with E-state index in [0.717, 1.165) is 31.6 Å². The SMILES string of the molecule is N=C1CCCC(C(=O)N2CC3CC2C3)N1C(=O)NCc1ccc(C(F)(F)F)nc1. The van der Waals surface area contributed by atoms with Gasteiger partial charge in [-0.1, -0.05) is 6.07 Å². The molecule has 3 aliphatic heterocycles. The van der Waals surface area contributed by atoms with Crippen LogP contribution in [-0.4, -0.2) is 51.2 Å². The molecule has 1 aromatic rings. The number of pyridine rings is 1. The Morgan fingerprint density at radius 2 is 2.03 bits per heavy atom. The van der Waals surface area contributed by atoms with E-state index in [1.54, 1.807) is 0 Å². The quantitative estimate of drug-likeness (QED) is 0.805. The number of piperidine rings is 1. The highest BCUT2D eigenvalue weighted by atomic mass is 19.4. The van der Waals surface area contributed by atoms with Gasteiger partial charge in [0.15, 0.2) is 0 Å². The molecular weight excluding hydrogens is 387 g/mol. The molecule has 1 aromatic heterocycles. The minimum Gasteiger partial charge on any atom is -0.338 e. The second-order valence-corrected chi connectivity index (χ2v) is 7.91. The van der Waals surface area contributed by atoms with Crippen molar-refractivity contribution in [2.45, 2.75) is 56.9 Å². The van der Waals surface area contributed by atoms with E-state index < -0.39 is 23.9 Å². The highest BCUT2D eigenvalue weighted by Crippen LogP contribution is 2.41. The van der Waals surface area contributed by atoms with Crippen LogP contribution in [0.3, 0.4) is 0 Å². The first-order chi connectivity index (χ1) is 13.7. The number of amidine groups is 1. The summed E-state index contributed by atoms with van der Waals surface area (Å²) in [6.45, 7) is 0.684. The molecule has 3 saturated heterocycles. The summed E-state index contributed by atoms with van der Waals surface area (Å²) in [4.78, 5) is 32.1. The minimum absolute atomic E-state index is 0.0386. The topological polar surface area (TPSA) is 89.4 Å². The van der Waals surface area contributed by atoms with Crippen molar-refractivity contribution in [3.05, 3.63) is 29.6 Å². The summed E-state index contributed by atoms with van der Waals surface area (Å²) in [5.41, 5.74) is -0.599. The Balaban J connectivity index is 1.41. The van der Waals surface area contributed by atoms with Gasteiger partial charge in [-0.2, -0.15) is 13.2 Å². The Morgan fingerprint density at radius 3 is 2.62 bits per heavy atom. The predicted octanol–water partition coefficient (Wildman–Crippen LogP) is 2.76. The van der Waals surface area contributed by atoms with Crippen LogP contribution in [0.1, 0.15) is 43.4 Å². The molecule has 1 atom stereocenters. The van der Waals surface area contributed by atoms with Crippen LogP contribution in [0, 0.1) is 11.3 Å². The average Bonchev–Trinajstić information content (AvgIpc) is 3.26. The summed E-state index contributed by atoms with van der Waals surface area (Å²) in [5.74, 6) is 0.538. The number of nitrogens with one attached hydrogen (secondary N) is 2. The first kappa shape index (κ1) is 19.7. The Hall–Kier alpha value is -2.65. The lowest BCUT2D eigenvalue weighted by Crippen LogP contribution is -2.57. The van der Waals surface area contributed by atoms with Crippen molar-refractivity contribution in [3.63, 3.8) is 0 Å². The van der Waals surface area contributed by atoms with Gasteiger partial charge >= 0.3 is 12.2 Å². The van der Waals surface area contributed by atoms with E-state index in [1.165, 1.54) is 11.0 Å². The van der Waals surface area contributed by atoms with Gasteiger partial charge in [-0.15, -0.1) is 0 Å². The second kappa shape index (κ2) is 7.31. The number of nitrogens with zero attached hydrogens (tertiary/aromatic N) is 3. The molecule has 1 unspecified atom stereocenters. The van der Waals surface area contributed by atoms with Crippen LogP contribution in [0.25, 0.3) is 0 Å². The summed E-state index contributed by atoms with van der Waals surface area (Å²) in [6.07, 6.45) is 0.157. The van der Waals surface area contributed by atoms with Crippen molar-refractivity contribution in [2.24, 2.45) is 5.92 Å². The zero-order valence-electron chi connectivity index (χ0n) is 15.7. The van der Waals surface area contributed by atoms with Crippen molar-refractivity contribution in [1.82, 2.24) is 20.1 Å². The van der Waals surface area contributed by atoms with Gasteiger partial charge in [-0.3, -0.25) is 20.1 Å². The maximum absolute atomic E-state index is 13.0. The zero-order valence-corrected chi connectivity index (χ0v) is 15.7. The zero-order chi connectivity index (χ0) is 20.8. The molecule has 10 heteroatoms. The molecule has 5 rings (SSSR count). The van der Waals surface area contributed by atoms with Gasteiger partial charge in [0, 0.05) is 31.7 Å². The lowest BCUT2D eigenvalue weighted by molar-refractivity contribution is -0.141. The van der Waals surface area contributed by atoms with Crippen LogP contribution in [0.15, 0.2) is 18.3 Å². The monoisotopic (exact) mass is 409 g/mol. The number of carbonyl (C=O) groups is 2. The third-order valence-corrected chi connectivity index (χ3v) is 5.95. The summed E-state index contributed by atoms with van der Waals surface area (Å²) >= 11 is 0. The number of aromatic nitrogens is 1. The van der Waals surface area contributed by atoms with E-state index in [0.29, 0.717) is 30.7 Å². The van der Waals surface area contributed by atoms with Crippen LogP contribution < -0.4 is 5.32 Å². The molecule has 1 saturated carbocycles. The number of rotatable bonds is 3. The number of amides is 3. The van der Waals surface area contributed by atoms with Gasteiger partial charge in [-0.05, 0) is 43.2 Å². The fourth-order valence-electron chi connectivity index (χ4n) is 4.35. The standard InChI is InChI=1S/C19H22F3N5O2/c20-19(21,22)15-5-4-11(8-24-15)9-25-18(29)27-14(2-1-3-16(27)23)17(28)26-10-12-6-13(26)7-12/h4-5,8,12-14,23H,1-3,6-7,9-10H2,(H,25,29). The van der Waals surface area contributed by atoms with Crippen LogP contribution in [0.4, 0.5) is 18.0 Å². The van der Waals surface area contributed by atoms with E-state index in [4.69, 9.17) is 5.41 Å². The van der Waals surface area contributed by atoms with E-state index in [-0.39, 0.29) is 24.3 Å². The molecule has 4 fully saturated rings. The number of hydrogen-bond acceptors (Lipinski definition) is 4. The predicted molar refractivity (Wildman–Crippen MR) is 96.9 cm³/mol.